The van der Waals surface area contributed by atoms with E-state index in [4.69, 9.17) is 4.74 Å². The monoisotopic (exact) mass is 345 g/mol. The van der Waals surface area contributed by atoms with Gasteiger partial charge in [0.05, 0.1) is 5.69 Å². The van der Waals surface area contributed by atoms with Gasteiger partial charge in [-0.2, -0.15) is 5.10 Å². The van der Waals surface area contributed by atoms with E-state index in [1.807, 2.05) is 54.6 Å². The maximum atomic E-state index is 12.2. The van der Waals surface area contributed by atoms with E-state index >= 15 is 0 Å². The first kappa shape index (κ1) is 16.1. The third-order valence-electron chi connectivity index (χ3n) is 4.51. The maximum absolute atomic E-state index is 12.2. The number of anilines is 1. The molecule has 130 valence electrons. The van der Waals surface area contributed by atoms with Gasteiger partial charge in [-0.15, -0.1) is 0 Å². The summed E-state index contributed by atoms with van der Waals surface area (Å²) in [5.74, 6) is 1.31. The number of rotatable bonds is 5. The second-order valence-corrected chi connectivity index (χ2v) is 6.20. The highest BCUT2D eigenvalue weighted by atomic mass is 16.5. The number of amides is 1. The van der Waals surface area contributed by atoms with Gasteiger partial charge in [0.2, 0.25) is 5.91 Å². The average molecular weight is 345 g/mol. The van der Waals surface area contributed by atoms with E-state index in [0.29, 0.717) is 18.8 Å². The van der Waals surface area contributed by atoms with Crippen molar-refractivity contribution >= 4 is 11.7 Å². The normalized spacial score (nSPS) is 15.8. The highest BCUT2D eigenvalue weighted by Gasteiger charge is 2.31. The summed E-state index contributed by atoms with van der Waals surface area (Å²) in [5, 5.41) is 10.3. The molecule has 5 nitrogen and oxygen atoms in total. The number of aromatic nitrogens is 2. The molecule has 3 aromatic rings. The SMILES string of the molecule is C=CCOc1ccc(C2CC(=O)Nc3n[nH]c(-c4ccccc4)c32)cc1. The van der Waals surface area contributed by atoms with Gasteiger partial charge in [-0.1, -0.05) is 55.1 Å². The molecule has 2 N–H and O–H groups in total. The molecule has 1 aromatic heterocycles. The average Bonchev–Trinajstić information content (AvgIpc) is 3.10. The highest BCUT2D eigenvalue weighted by molar-refractivity contribution is 5.96. The van der Waals surface area contributed by atoms with E-state index in [9.17, 15) is 4.79 Å². The number of carbonyl (C=O) groups excluding carboxylic acids is 1. The second kappa shape index (κ2) is 6.88. The molecule has 0 saturated carbocycles. The Kier molecular flexibility index (Phi) is 4.27. The molecule has 0 saturated heterocycles. The number of hydrogen-bond donors (Lipinski definition) is 2. The van der Waals surface area contributed by atoms with E-state index in [1.165, 1.54) is 0 Å². The molecule has 26 heavy (non-hydrogen) atoms. The van der Waals surface area contributed by atoms with Gasteiger partial charge in [0.25, 0.3) is 0 Å². The fourth-order valence-corrected chi connectivity index (χ4v) is 3.32. The largest absolute Gasteiger partial charge is 0.490 e. The Labute approximate surface area is 151 Å². The van der Waals surface area contributed by atoms with E-state index in [0.717, 1.165) is 28.1 Å². The Morgan fingerprint density at radius 3 is 2.65 bits per heavy atom. The number of fused-ring (bicyclic) bond motifs is 1. The minimum Gasteiger partial charge on any atom is -0.490 e. The first-order valence-corrected chi connectivity index (χ1v) is 8.53. The summed E-state index contributed by atoms with van der Waals surface area (Å²) >= 11 is 0. The lowest BCUT2D eigenvalue weighted by molar-refractivity contribution is -0.116. The Morgan fingerprint density at radius 1 is 1.15 bits per heavy atom. The number of nitrogens with zero attached hydrogens (tertiary/aromatic N) is 1. The first-order chi connectivity index (χ1) is 12.8. The molecule has 1 aliphatic heterocycles. The number of benzene rings is 2. The molecular weight excluding hydrogens is 326 g/mol. The zero-order valence-electron chi connectivity index (χ0n) is 14.2. The van der Waals surface area contributed by atoms with Crippen LogP contribution in [0.15, 0.2) is 67.3 Å². The summed E-state index contributed by atoms with van der Waals surface area (Å²) in [6, 6.07) is 17.9. The highest BCUT2D eigenvalue weighted by Crippen LogP contribution is 2.41. The number of aromatic amines is 1. The summed E-state index contributed by atoms with van der Waals surface area (Å²) in [6.07, 6.45) is 2.10. The molecule has 1 unspecified atom stereocenters. The smallest absolute Gasteiger partial charge is 0.226 e. The van der Waals surface area contributed by atoms with E-state index in [1.54, 1.807) is 6.08 Å². The quantitative estimate of drug-likeness (QED) is 0.684. The summed E-state index contributed by atoms with van der Waals surface area (Å²) in [5.41, 5.74) is 4.08. The van der Waals surface area contributed by atoms with Crippen LogP contribution in [-0.2, 0) is 4.79 Å². The lowest BCUT2D eigenvalue weighted by Gasteiger charge is -2.23. The van der Waals surface area contributed by atoms with Gasteiger partial charge in [-0.3, -0.25) is 9.89 Å². The predicted octanol–water partition coefficient (Wildman–Crippen LogP) is 4.12. The Hall–Kier alpha value is -3.34. The van der Waals surface area contributed by atoms with Crippen molar-refractivity contribution in [3.05, 3.63) is 78.4 Å². The molecule has 2 heterocycles. The first-order valence-electron chi connectivity index (χ1n) is 8.53. The molecular formula is C21H19N3O2. The van der Waals surface area contributed by atoms with Gasteiger partial charge in [-0.25, -0.2) is 0 Å². The minimum absolute atomic E-state index is 0.0272. The molecule has 0 aliphatic carbocycles. The molecule has 0 radical (unpaired) electrons. The van der Waals surface area contributed by atoms with Crippen molar-refractivity contribution < 1.29 is 9.53 Å². The van der Waals surface area contributed by atoms with E-state index in [2.05, 4.69) is 22.1 Å². The predicted molar refractivity (Wildman–Crippen MR) is 101 cm³/mol. The summed E-state index contributed by atoms with van der Waals surface area (Å²) < 4.78 is 5.55. The summed E-state index contributed by atoms with van der Waals surface area (Å²) in [4.78, 5) is 12.2. The summed E-state index contributed by atoms with van der Waals surface area (Å²) in [7, 11) is 0. The lowest BCUT2D eigenvalue weighted by atomic mass is 9.84. The fraction of sp³-hybridized carbons (Fsp3) is 0.143. The van der Waals surface area contributed by atoms with Gasteiger partial charge < -0.3 is 10.1 Å². The number of nitrogens with one attached hydrogen (secondary N) is 2. The molecule has 2 aromatic carbocycles. The van der Waals surface area contributed by atoms with Gasteiger partial charge in [0.1, 0.15) is 12.4 Å². The topological polar surface area (TPSA) is 67.0 Å². The van der Waals surface area contributed by atoms with Crippen LogP contribution in [-0.4, -0.2) is 22.7 Å². The lowest BCUT2D eigenvalue weighted by Crippen LogP contribution is -2.23. The third-order valence-corrected chi connectivity index (χ3v) is 4.51. The zero-order valence-corrected chi connectivity index (χ0v) is 14.2. The van der Waals surface area contributed by atoms with Gasteiger partial charge in [-0.05, 0) is 23.3 Å². The Morgan fingerprint density at radius 2 is 1.92 bits per heavy atom. The molecule has 0 bridgehead atoms. The molecule has 0 fully saturated rings. The Balaban J connectivity index is 1.73. The number of hydrogen-bond acceptors (Lipinski definition) is 3. The van der Waals surface area contributed by atoms with E-state index < -0.39 is 0 Å². The van der Waals surface area contributed by atoms with Crippen molar-refractivity contribution in [3.8, 4) is 17.0 Å². The van der Waals surface area contributed by atoms with E-state index in [-0.39, 0.29) is 11.8 Å². The van der Waals surface area contributed by atoms with Crippen molar-refractivity contribution in [3.63, 3.8) is 0 Å². The standard InChI is InChI=1S/C21H19N3O2/c1-2-12-26-16-10-8-14(9-11-16)17-13-18(25)22-21-19(17)20(23-24-21)15-6-4-3-5-7-15/h2-11,17H,1,12-13H2,(H2,22,23,24,25). The zero-order chi connectivity index (χ0) is 17.9. The van der Waals surface area contributed by atoms with Gasteiger partial charge >= 0.3 is 0 Å². The molecule has 4 rings (SSSR count). The second-order valence-electron chi connectivity index (χ2n) is 6.20. The van der Waals surface area contributed by atoms with Crippen LogP contribution in [0.1, 0.15) is 23.5 Å². The number of carbonyl (C=O) groups is 1. The minimum atomic E-state index is -0.0545. The van der Waals surface area contributed by atoms with Crippen LogP contribution < -0.4 is 10.1 Å². The summed E-state index contributed by atoms with van der Waals surface area (Å²) in [6.45, 7) is 4.12. The van der Waals surface area contributed by atoms with Gasteiger partial charge in [0.15, 0.2) is 5.82 Å². The van der Waals surface area contributed by atoms with Crippen LogP contribution in [0.2, 0.25) is 0 Å². The fourth-order valence-electron chi connectivity index (χ4n) is 3.32. The van der Waals surface area contributed by atoms with Crippen molar-refractivity contribution in [2.75, 3.05) is 11.9 Å². The number of H-pyrrole nitrogens is 1. The number of ether oxygens (including phenoxy) is 1. The molecule has 0 spiro atoms. The maximum Gasteiger partial charge on any atom is 0.226 e. The van der Waals surface area contributed by atoms with Crippen LogP contribution in [0.3, 0.4) is 0 Å². The van der Waals surface area contributed by atoms with Crippen molar-refractivity contribution in [2.24, 2.45) is 0 Å². The van der Waals surface area contributed by atoms with Crippen molar-refractivity contribution in [1.82, 2.24) is 10.2 Å². The van der Waals surface area contributed by atoms with Crippen LogP contribution in [0.25, 0.3) is 11.3 Å². The Bertz CT molecular complexity index is 930. The van der Waals surface area contributed by atoms with Crippen LogP contribution in [0.5, 0.6) is 5.75 Å². The van der Waals surface area contributed by atoms with Crippen LogP contribution >= 0.6 is 0 Å². The molecule has 5 heteroatoms. The third kappa shape index (κ3) is 2.99. The molecule has 1 aliphatic rings. The van der Waals surface area contributed by atoms with Crippen molar-refractivity contribution in [2.45, 2.75) is 12.3 Å². The van der Waals surface area contributed by atoms with Crippen LogP contribution in [0, 0.1) is 0 Å². The molecule has 1 amide bonds. The van der Waals surface area contributed by atoms with Gasteiger partial charge in [0, 0.05) is 17.9 Å². The van der Waals surface area contributed by atoms with Crippen LogP contribution in [0.4, 0.5) is 5.82 Å². The van der Waals surface area contributed by atoms with Crippen molar-refractivity contribution in [1.29, 1.82) is 0 Å². The molecule has 1 atom stereocenters.